The van der Waals surface area contributed by atoms with E-state index in [0.29, 0.717) is 16.9 Å². The summed E-state index contributed by atoms with van der Waals surface area (Å²) in [6, 6.07) is 17.0. The van der Waals surface area contributed by atoms with Gasteiger partial charge in [0.05, 0.1) is 17.8 Å². The second kappa shape index (κ2) is 6.85. The molecule has 0 N–H and O–H groups in total. The van der Waals surface area contributed by atoms with Crippen molar-refractivity contribution < 1.29 is 9.59 Å². The van der Waals surface area contributed by atoms with E-state index < -0.39 is 5.91 Å². The van der Waals surface area contributed by atoms with Crippen molar-refractivity contribution in [1.82, 2.24) is 5.01 Å². The van der Waals surface area contributed by atoms with E-state index in [1.54, 1.807) is 11.9 Å². The fourth-order valence-electron chi connectivity index (χ4n) is 2.89. The molecule has 1 aliphatic rings. The number of carbonyl (C=O) groups is 2. The highest BCUT2D eigenvalue weighted by Crippen LogP contribution is 2.32. The molecule has 26 heavy (non-hydrogen) atoms. The zero-order chi connectivity index (χ0) is 18.8. The van der Waals surface area contributed by atoms with Crippen molar-refractivity contribution in [1.29, 1.82) is 5.26 Å². The molecule has 5 nitrogen and oxygen atoms in total. The van der Waals surface area contributed by atoms with E-state index in [1.807, 2.05) is 68.4 Å². The maximum Gasteiger partial charge on any atom is 0.290 e. The molecule has 0 radical (unpaired) electrons. The first-order valence-electron chi connectivity index (χ1n) is 8.33. The third-order valence-corrected chi connectivity index (χ3v) is 4.35. The summed E-state index contributed by atoms with van der Waals surface area (Å²) < 4.78 is 0. The number of hydrogen-bond acceptors (Lipinski definition) is 4. The molecule has 0 aromatic heterocycles. The molecule has 3 rings (SSSR count). The van der Waals surface area contributed by atoms with Gasteiger partial charge in [-0.05, 0) is 50.6 Å². The van der Waals surface area contributed by atoms with Gasteiger partial charge in [-0.25, -0.2) is 5.01 Å². The van der Waals surface area contributed by atoms with Gasteiger partial charge >= 0.3 is 0 Å². The van der Waals surface area contributed by atoms with Gasteiger partial charge in [0.1, 0.15) is 11.6 Å². The van der Waals surface area contributed by atoms with Gasteiger partial charge in [0.15, 0.2) is 0 Å². The lowest BCUT2D eigenvalue weighted by Crippen LogP contribution is -2.50. The van der Waals surface area contributed by atoms with Gasteiger partial charge in [-0.2, -0.15) is 10.3 Å². The van der Waals surface area contributed by atoms with Crippen LogP contribution in [0.3, 0.4) is 0 Å². The lowest BCUT2D eigenvalue weighted by Gasteiger charge is -2.37. The summed E-state index contributed by atoms with van der Waals surface area (Å²) in [7, 11) is 0. The lowest BCUT2D eigenvalue weighted by molar-refractivity contribution is -0.143. The van der Waals surface area contributed by atoms with Crippen molar-refractivity contribution in [2.24, 2.45) is 0 Å². The molecule has 130 valence electrons. The predicted octanol–water partition coefficient (Wildman–Crippen LogP) is 3.96. The van der Waals surface area contributed by atoms with E-state index >= 15 is 0 Å². The molecule has 0 aliphatic carbocycles. The Balaban J connectivity index is 2.16. The maximum atomic E-state index is 12.9. The zero-order valence-corrected chi connectivity index (χ0v) is 15.0. The Morgan fingerprint density at radius 2 is 1.35 bits per heavy atom. The van der Waals surface area contributed by atoms with Crippen LogP contribution in [0.2, 0.25) is 0 Å². The number of benzene rings is 2. The molecular weight excluding hydrogens is 326 g/mol. The minimum atomic E-state index is -0.595. The van der Waals surface area contributed by atoms with Gasteiger partial charge in [0.2, 0.25) is 0 Å². The van der Waals surface area contributed by atoms with Gasteiger partial charge in [-0.15, -0.1) is 0 Å². The topological polar surface area (TPSA) is 64.4 Å². The number of hydrogen-bond donors (Lipinski definition) is 0. The Hall–Kier alpha value is -3.39. The molecule has 0 saturated heterocycles. The van der Waals surface area contributed by atoms with E-state index in [-0.39, 0.29) is 17.9 Å². The summed E-state index contributed by atoms with van der Waals surface area (Å²) in [5, 5.41) is 12.0. The highest BCUT2D eigenvalue weighted by atomic mass is 16.2. The van der Waals surface area contributed by atoms with Gasteiger partial charge in [-0.1, -0.05) is 35.4 Å². The van der Waals surface area contributed by atoms with Crippen LogP contribution in [0.1, 0.15) is 24.5 Å². The molecule has 0 fully saturated rings. The molecule has 5 heteroatoms. The molecule has 2 aromatic rings. The number of amides is 2. The monoisotopic (exact) mass is 345 g/mol. The number of anilines is 2. The second-order valence-corrected chi connectivity index (χ2v) is 6.44. The van der Waals surface area contributed by atoms with Crippen molar-refractivity contribution in [3.63, 3.8) is 0 Å². The largest absolute Gasteiger partial charge is 0.290 e. The van der Waals surface area contributed by atoms with Crippen molar-refractivity contribution in [3.8, 4) is 6.07 Å². The SMILES string of the molecule is CC1=C(C#N)C(=O)N(N(c2ccc(C)cc2)c2ccc(C)cc2)C(=O)C1. The number of carbonyl (C=O) groups excluding carboxylic acids is 2. The Bertz CT molecular complexity index is 889. The smallest absolute Gasteiger partial charge is 0.272 e. The van der Waals surface area contributed by atoms with E-state index in [4.69, 9.17) is 0 Å². The predicted molar refractivity (Wildman–Crippen MR) is 99.3 cm³/mol. The Morgan fingerprint density at radius 3 is 1.77 bits per heavy atom. The Kier molecular flexibility index (Phi) is 4.59. The zero-order valence-electron chi connectivity index (χ0n) is 15.0. The molecule has 0 spiro atoms. The van der Waals surface area contributed by atoms with Gasteiger partial charge in [0, 0.05) is 0 Å². The van der Waals surface area contributed by atoms with Gasteiger partial charge in [-0.3, -0.25) is 9.59 Å². The lowest BCUT2D eigenvalue weighted by atomic mass is 10.0. The number of imide groups is 1. The van der Waals surface area contributed by atoms with Crippen molar-refractivity contribution >= 4 is 23.2 Å². The van der Waals surface area contributed by atoms with E-state index in [1.165, 1.54) is 0 Å². The fourth-order valence-corrected chi connectivity index (χ4v) is 2.89. The molecular formula is C21H19N3O2. The maximum absolute atomic E-state index is 12.9. The summed E-state index contributed by atoms with van der Waals surface area (Å²) in [6.07, 6.45) is 0.0445. The van der Waals surface area contributed by atoms with Crippen LogP contribution in [0.15, 0.2) is 59.7 Å². The van der Waals surface area contributed by atoms with Crippen molar-refractivity contribution in [2.75, 3.05) is 5.01 Å². The molecule has 0 saturated carbocycles. The third kappa shape index (κ3) is 3.09. The van der Waals surface area contributed by atoms with Crippen LogP contribution >= 0.6 is 0 Å². The van der Waals surface area contributed by atoms with Gasteiger partial charge < -0.3 is 0 Å². The average molecular weight is 345 g/mol. The van der Waals surface area contributed by atoms with Gasteiger partial charge in [0.25, 0.3) is 11.8 Å². The first-order valence-corrected chi connectivity index (χ1v) is 8.33. The second-order valence-electron chi connectivity index (χ2n) is 6.44. The number of aryl methyl sites for hydroxylation is 2. The normalized spacial score (nSPS) is 14.5. The van der Waals surface area contributed by atoms with Crippen LogP contribution in [-0.2, 0) is 9.59 Å². The summed E-state index contributed by atoms with van der Waals surface area (Å²) in [4.78, 5) is 25.6. The quantitative estimate of drug-likeness (QED) is 0.790. The first-order chi connectivity index (χ1) is 12.4. The Morgan fingerprint density at radius 1 is 0.885 bits per heavy atom. The minimum absolute atomic E-state index is 0.0221. The molecule has 0 atom stereocenters. The van der Waals surface area contributed by atoms with Crippen molar-refractivity contribution in [3.05, 3.63) is 70.8 Å². The van der Waals surface area contributed by atoms with Crippen LogP contribution < -0.4 is 5.01 Å². The Labute approximate surface area is 152 Å². The minimum Gasteiger partial charge on any atom is -0.272 e. The van der Waals surface area contributed by atoms with E-state index in [2.05, 4.69) is 0 Å². The molecule has 2 amide bonds. The number of rotatable bonds is 3. The molecule has 2 aromatic carbocycles. The fraction of sp³-hybridized carbons (Fsp3) is 0.190. The first kappa shape index (κ1) is 17.4. The summed E-state index contributed by atoms with van der Waals surface area (Å²) in [6.45, 7) is 5.59. The van der Waals surface area contributed by atoms with Crippen LogP contribution in [-0.4, -0.2) is 16.8 Å². The highest BCUT2D eigenvalue weighted by Gasteiger charge is 2.37. The van der Waals surface area contributed by atoms with Crippen LogP contribution in [0, 0.1) is 25.2 Å². The van der Waals surface area contributed by atoms with E-state index in [9.17, 15) is 14.9 Å². The summed E-state index contributed by atoms with van der Waals surface area (Å²) in [5.74, 6) is -0.949. The molecule has 1 heterocycles. The number of nitriles is 1. The average Bonchev–Trinajstić information content (AvgIpc) is 2.61. The van der Waals surface area contributed by atoms with Crippen LogP contribution in [0.25, 0.3) is 0 Å². The van der Waals surface area contributed by atoms with Crippen LogP contribution in [0.5, 0.6) is 0 Å². The van der Waals surface area contributed by atoms with E-state index in [0.717, 1.165) is 16.1 Å². The highest BCUT2D eigenvalue weighted by molar-refractivity contribution is 6.12. The van der Waals surface area contributed by atoms with Crippen LogP contribution in [0.4, 0.5) is 11.4 Å². The number of hydrazine groups is 1. The third-order valence-electron chi connectivity index (χ3n) is 4.35. The molecule has 0 bridgehead atoms. The summed E-state index contributed by atoms with van der Waals surface area (Å²) >= 11 is 0. The molecule has 1 aliphatic heterocycles. The molecule has 0 unspecified atom stereocenters. The summed E-state index contributed by atoms with van der Waals surface area (Å²) in [5.41, 5.74) is 4.03. The van der Waals surface area contributed by atoms with Crippen molar-refractivity contribution in [2.45, 2.75) is 27.2 Å². The number of nitrogens with zero attached hydrogens (tertiary/aromatic N) is 3. The standard InChI is InChI=1S/C21H19N3O2/c1-14-4-8-17(9-5-14)23(18-10-6-15(2)7-11-18)24-20(25)12-16(3)19(13-22)21(24)26/h4-11H,12H2,1-3H3.